The maximum absolute atomic E-state index is 10.8. The molecule has 102 valence electrons. The zero-order valence-electron chi connectivity index (χ0n) is 11.2. The summed E-state index contributed by atoms with van der Waals surface area (Å²) in [5.41, 5.74) is 3.39. The summed E-state index contributed by atoms with van der Waals surface area (Å²) < 4.78 is 1.88. The van der Waals surface area contributed by atoms with Crippen LogP contribution in [-0.2, 0) is 20.1 Å². The number of carbonyl (C=O) groups is 1. The predicted molar refractivity (Wildman–Crippen MR) is 74.5 cm³/mol. The smallest absolute Gasteiger partial charge is 0.345 e. The maximum Gasteiger partial charge on any atom is 0.345 e. The van der Waals surface area contributed by atoms with Crippen molar-refractivity contribution in [3.63, 3.8) is 0 Å². The Morgan fingerprint density at radius 1 is 1.42 bits per heavy atom. The van der Waals surface area contributed by atoms with Crippen molar-refractivity contribution in [1.82, 2.24) is 15.1 Å². The molecule has 2 aromatic heterocycles. The van der Waals surface area contributed by atoms with Gasteiger partial charge in [-0.25, -0.2) is 4.79 Å². The van der Waals surface area contributed by atoms with Gasteiger partial charge >= 0.3 is 5.97 Å². The Morgan fingerprint density at radius 3 is 2.68 bits per heavy atom. The van der Waals surface area contributed by atoms with Gasteiger partial charge in [0.05, 0.1) is 5.69 Å². The third kappa shape index (κ3) is 3.02. The van der Waals surface area contributed by atoms with Crippen molar-refractivity contribution in [2.24, 2.45) is 7.05 Å². The zero-order valence-corrected chi connectivity index (χ0v) is 12.0. The van der Waals surface area contributed by atoms with Crippen LogP contribution in [0.15, 0.2) is 12.1 Å². The molecule has 2 heterocycles. The molecule has 0 amide bonds. The van der Waals surface area contributed by atoms with E-state index in [1.807, 2.05) is 31.6 Å². The van der Waals surface area contributed by atoms with Crippen molar-refractivity contribution in [3.05, 3.63) is 38.8 Å². The molecule has 0 fully saturated rings. The summed E-state index contributed by atoms with van der Waals surface area (Å²) in [4.78, 5) is 12.2. The third-order valence-electron chi connectivity index (χ3n) is 3.13. The number of aromatic nitrogens is 2. The topological polar surface area (TPSA) is 67.2 Å². The Kier molecular flexibility index (Phi) is 4.01. The molecular weight excluding hydrogens is 262 g/mol. The minimum atomic E-state index is -0.866. The average Bonchev–Trinajstić information content (AvgIpc) is 2.90. The molecule has 5 nitrogen and oxygen atoms in total. The summed E-state index contributed by atoms with van der Waals surface area (Å²) >= 11 is 1.31. The lowest BCUT2D eigenvalue weighted by Gasteiger charge is -2.04. The number of thiophene rings is 1. The molecule has 0 unspecified atom stereocenters. The first kappa shape index (κ1) is 13.8. The van der Waals surface area contributed by atoms with E-state index >= 15 is 0 Å². The fourth-order valence-corrected chi connectivity index (χ4v) is 2.79. The highest BCUT2D eigenvalue weighted by atomic mass is 32.1. The van der Waals surface area contributed by atoms with Crippen LogP contribution < -0.4 is 5.32 Å². The fourth-order valence-electron chi connectivity index (χ4n) is 1.97. The number of carboxylic acid groups (broad SMARTS) is 1. The van der Waals surface area contributed by atoms with Crippen molar-refractivity contribution in [1.29, 1.82) is 0 Å². The van der Waals surface area contributed by atoms with Crippen LogP contribution in [0.1, 0.15) is 31.5 Å². The van der Waals surface area contributed by atoms with Crippen LogP contribution in [-0.4, -0.2) is 20.9 Å². The first-order valence-corrected chi connectivity index (χ1v) is 6.82. The molecule has 0 aliphatic carbocycles. The second kappa shape index (κ2) is 5.54. The Hall–Kier alpha value is -1.66. The molecule has 0 aliphatic heterocycles. The van der Waals surface area contributed by atoms with Gasteiger partial charge < -0.3 is 10.4 Å². The van der Waals surface area contributed by atoms with Crippen molar-refractivity contribution in [3.8, 4) is 0 Å². The molecule has 0 saturated carbocycles. The van der Waals surface area contributed by atoms with Crippen molar-refractivity contribution in [2.45, 2.75) is 26.9 Å². The van der Waals surface area contributed by atoms with Crippen molar-refractivity contribution < 1.29 is 9.90 Å². The molecule has 0 saturated heterocycles. The molecule has 0 radical (unpaired) electrons. The summed E-state index contributed by atoms with van der Waals surface area (Å²) in [5.74, 6) is -0.866. The van der Waals surface area contributed by atoms with E-state index in [1.54, 1.807) is 6.07 Å². The number of aryl methyl sites for hydroxylation is 2. The van der Waals surface area contributed by atoms with Crippen molar-refractivity contribution in [2.75, 3.05) is 0 Å². The van der Waals surface area contributed by atoms with E-state index in [4.69, 9.17) is 5.11 Å². The number of nitrogens with zero attached hydrogens (tertiary/aromatic N) is 2. The van der Waals surface area contributed by atoms with E-state index in [0.29, 0.717) is 11.4 Å². The van der Waals surface area contributed by atoms with Gasteiger partial charge in [-0.1, -0.05) is 0 Å². The van der Waals surface area contributed by atoms with Crippen LogP contribution in [0.5, 0.6) is 0 Å². The van der Waals surface area contributed by atoms with Gasteiger partial charge in [-0.3, -0.25) is 4.68 Å². The largest absolute Gasteiger partial charge is 0.477 e. The van der Waals surface area contributed by atoms with E-state index in [2.05, 4.69) is 10.4 Å². The molecule has 2 aromatic rings. The van der Waals surface area contributed by atoms with Gasteiger partial charge in [-0.05, 0) is 26.0 Å². The predicted octanol–water partition coefficient (Wildman–Crippen LogP) is 2.09. The molecule has 2 rings (SSSR count). The summed E-state index contributed by atoms with van der Waals surface area (Å²) in [7, 11) is 1.93. The van der Waals surface area contributed by atoms with Crippen LogP contribution in [0.3, 0.4) is 0 Å². The number of hydrogen-bond donors (Lipinski definition) is 2. The van der Waals surface area contributed by atoms with E-state index in [1.165, 1.54) is 16.9 Å². The number of hydrogen-bond acceptors (Lipinski definition) is 4. The minimum absolute atomic E-state index is 0.380. The molecule has 19 heavy (non-hydrogen) atoms. The van der Waals surface area contributed by atoms with E-state index in [9.17, 15) is 4.79 Å². The highest BCUT2D eigenvalue weighted by Gasteiger charge is 2.10. The normalized spacial score (nSPS) is 10.9. The lowest BCUT2D eigenvalue weighted by atomic mass is 10.2. The molecule has 0 aromatic carbocycles. The average molecular weight is 279 g/mol. The SMILES string of the molecule is Cc1nn(C)c(C)c1CNCc1ccc(C(=O)O)s1. The standard InChI is InChI=1S/C13H17N3O2S/c1-8-11(9(2)16(3)15-8)7-14-6-10-4-5-12(19-10)13(17)18/h4-5,14H,6-7H2,1-3H3,(H,17,18). The van der Waals surface area contributed by atoms with Crippen LogP contribution in [0.2, 0.25) is 0 Å². The van der Waals surface area contributed by atoms with Gasteiger partial charge in [0.1, 0.15) is 4.88 Å². The van der Waals surface area contributed by atoms with Gasteiger partial charge in [-0.2, -0.15) is 5.10 Å². The van der Waals surface area contributed by atoms with Gasteiger partial charge in [0.15, 0.2) is 0 Å². The Labute approximate surface area is 115 Å². The first-order valence-electron chi connectivity index (χ1n) is 6.01. The Balaban J connectivity index is 1.94. The highest BCUT2D eigenvalue weighted by Crippen LogP contribution is 2.17. The van der Waals surface area contributed by atoms with E-state index in [-0.39, 0.29) is 0 Å². The molecule has 2 N–H and O–H groups in total. The van der Waals surface area contributed by atoms with Gasteiger partial charge in [0.25, 0.3) is 0 Å². The van der Waals surface area contributed by atoms with Gasteiger partial charge in [0, 0.05) is 36.3 Å². The van der Waals surface area contributed by atoms with Crippen LogP contribution >= 0.6 is 11.3 Å². The lowest BCUT2D eigenvalue weighted by molar-refractivity contribution is 0.0702. The summed E-state index contributed by atoms with van der Waals surface area (Å²) in [5, 5.41) is 16.6. The summed E-state index contributed by atoms with van der Waals surface area (Å²) in [6, 6.07) is 3.49. The fraction of sp³-hybridized carbons (Fsp3) is 0.385. The van der Waals surface area contributed by atoms with E-state index < -0.39 is 5.97 Å². The van der Waals surface area contributed by atoms with E-state index in [0.717, 1.165) is 22.8 Å². The Bertz CT molecular complexity index is 601. The van der Waals surface area contributed by atoms with Crippen LogP contribution in [0.25, 0.3) is 0 Å². The summed E-state index contributed by atoms with van der Waals surface area (Å²) in [6.07, 6.45) is 0. The molecule has 0 spiro atoms. The molecule has 6 heteroatoms. The van der Waals surface area contributed by atoms with Crippen LogP contribution in [0, 0.1) is 13.8 Å². The zero-order chi connectivity index (χ0) is 14.0. The minimum Gasteiger partial charge on any atom is -0.477 e. The number of nitrogens with one attached hydrogen (secondary N) is 1. The van der Waals surface area contributed by atoms with Crippen molar-refractivity contribution >= 4 is 17.3 Å². The van der Waals surface area contributed by atoms with Crippen LogP contribution in [0.4, 0.5) is 0 Å². The molecule has 0 bridgehead atoms. The van der Waals surface area contributed by atoms with Gasteiger partial charge in [-0.15, -0.1) is 11.3 Å². The molecular formula is C13H17N3O2S. The van der Waals surface area contributed by atoms with Gasteiger partial charge in [0.2, 0.25) is 0 Å². The third-order valence-corrected chi connectivity index (χ3v) is 4.21. The first-order chi connectivity index (χ1) is 8.99. The number of rotatable bonds is 5. The quantitative estimate of drug-likeness (QED) is 0.879. The monoisotopic (exact) mass is 279 g/mol. The summed E-state index contributed by atoms with van der Waals surface area (Å²) in [6.45, 7) is 5.46. The lowest BCUT2D eigenvalue weighted by Crippen LogP contribution is -2.13. The number of carboxylic acids is 1. The molecule has 0 aliphatic rings. The number of aromatic carboxylic acids is 1. The Morgan fingerprint density at radius 2 is 2.16 bits per heavy atom. The highest BCUT2D eigenvalue weighted by molar-refractivity contribution is 7.13. The second-order valence-electron chi connectivity index (χ2n) is 4.45. The molecule has 0 atom stereocenters. The maximum atomic E-state index is 10.8. The second-order valence-corrected chi connectivity index (χ2v) is 5.62.